The van der Waals surface area contributed by atoms with Crippen molar-refractivity contribution in [1.29, 1.82) is 0 Å². The number of ether oxygens (including phenoxy) is 2. The Morgan fingerprint density at radius 2 is 1.81 bits per heavy atom. The van der Waals surface area contributed by atoms with Crippen molar-refractivity contribution in [2.24, 2.45) is 0 Å². The van der Waals surface area contributed by atoms with Crippen LogP contribution in [0.15, 0.2) is 6.20 Å². The fourth-order valence-corrected chi connectivity index (χ4v) is 2.94. The maximum atomic E-state index is 9.93. The summed E-state index contributed by atoms with van der Waals surface area (Å²) in [6.45, 7) is 2.54. The molecule has 1 fully saturated rings. The average molecular weight is 373 g/mol. The van der Waals surface area contributed by atoms with Crippen molar-refractivity contribution in [3.05, 3.63) is 11.9 Å². The SMILES string of the molecule is CCCCCCCCn1cc(CO[C@H]2O[C@H](CO)[C@@H](O)[C@H](O)[C@H]2O)nn1. The van der Waals surface area contributed by atoms with E-state index in [0.29, 0.717) is 5.69 Å². The standard InChI is InChI=1S/C17H31N3O6/c1-2-3-4-5-6-7-8-20-9-12(18-19-20)11-25-17-16(24)15(23)14(22)13(10-21)26-17/h9,13-17,21-24H,2-8,10-11H2,1H3/t13-,14-,15+,16-,17+/m1/s1. The molecule has 1 aliphatic rings. The van der Waals surface area contributed by atoms with Gasteiger partial charge >= 0.3 is 0 Å². The van der Waals surface area contributed by atoms with E-state index >= 15 is 0 Å². The van der Waals surface area contributed by atoms with Gasteiger partial charge < -0.3 is 29.9 Å². The predicted octanol–water partition coefficient (Wildman–Crippen LogP) is -0.0449. The number of nitrogens with zero attached hydrogens (tertiary/aromatic N) is 3. The summed E-state index contributed by atoms with van der Waals surface area (Å²) < 4.78 is 12.5. The Kier molecular flexibility index (Phi) is 8.89. The number of rotatable bonds is 11. The average Bonchev–Trinajstić information content (AvgIpc) is 3.10. The Morgan fingerprint density at radius 1 is 1.08 bits per heavy atom. The van der Waals surface area contributed by atoms with Gasteiger partial charge in [-0.3, -0.25) is 4.68 Å². The van der Waals surface area contributed by atoms with E-state index in [1.807, 2.05) is 0 Å². The lowest BCUT2D eigenvalue weighted by atomic mass is 9.99. The van der Waals surface area contributed by atoms with Crippen molar-refractivity contribution in [3.63, 3.8) is 0 Å². The first kappa shape index (κ1) is 21.2. The molecule has 0 aromatic carbocycles. The van der Waals surface area contributed by atoms with Gasteiger partial charge in [-0.15, -0.1) is 5.10 Å². The van der Waals surface area contributed by atoms with Crippen LogP contribution in [0, 0.1) is 0 Å². The largest absolute Gasteiger partial charge is 0.394 e. The van der Waals surface area contributed by atoms with Crippen molar-refractivity contribution in [2.75, 3.05) is 6.61 Å². The number of aryl methyl sites for hydroxylation is 1. The van der Waals surface area contributed by atoms with Gasteiger partial charge in [-0.25, -0.2) is 0 Å². The van der Waals surface area contributed by atoms with E-state index < -0.39 is 37.3 Å². The van der Waals surface area contributed by atoms with Gasteiger partial charge in [0.05, 0.1) is 19.4 Å². The second-order valence-electron chi connectivity index (χ2n) is 6.75. The number of hydrogen-bond donors (Lipinski definition) is 4. The van der Waals surface area contributed by atoms with E-state index in [9.17, 15) is 15.3 Å². The van der Waals surface area contributed by atoms with Crippen molar-refractivity contribution in [1.82, 2.24) is 15.0 Å². The van der Waals surface area contributed by atoms with Crippen LogP contribution in [0.4, 0.5) is 0 Å². The molecule has 9 heteroatoms. The summed E-state index contributed by atoms with van der Waals surface area (Å²) in [6.07, 6.45) is 2.60. The third-order valence-corrected chi connectivity index (χ3v) is 4.57. The van der Waals surface area contributed by atoms with Gasteiger partial charge in [0.1, 0.15) is 30.1 Å². The number of aliphatic hydroxyl groups excluding tert-OH is 4. The van der Waals surface area contributed by atoms with Gasteiger partial charge in [-0.1, -0.05) is 44.2 Å². The van der Waals surface area contributed by atoms with Crippen molar-refractivity contribution >= 4 is 0 Å². The maximum absolute atomic E-state index is 9.93. The molecule has 5 atom stereocenters. The van der Waals surface area contributed by atoms with Crippen LogP contribution in [-0.4, -0.2) is 72.7 Å². The molecule has 2 heterocycles. The molecule has 2 rings (SSSR count). The minimum atomic E-state index is -1.45. The summed E-state index contributed by atoms with van der Waals surface area (Å²) in [6, 6.07) is 0. The highest BCUT2D eigenvalue weighted by Crippen LogP contribution is 2.22. The van der Waals surface area contributed by atoms with E-state index in [4.69, 9.17) is 14.6 Å². The van der Waals surface area contributed by atoms with Crippen LogP contribution >= 0.6 is 0 Å². The minimum absolute atomic E-state index is 0.0409. The van der Waals surface area contributed by atoms with Gasteiger partial charge in [0.25, 0.3) is 0 Å². The van der Waals surface area contributed by atoms with Gasteiger partial charge in [-0.05, 0) is 6.42 Å². The summed E-state index contributed by atoms with van der Waals surface area (Å²) in [5, 5.41) is 46.6. The fraction of sp³-hybridized carbons (Fsp3) is 0.882. The van der Waals surface area contributed by atoms with E-state index in [0.717, 1.165) is 19.4 Å². The molecule has 150 valence electrons. The molecule has 0 spiro atoms. The lowest BCUT2D eigenvalue weighted by Crippen LogP contribution is -2.59. The molecule has 0 amide bonds. The molecule has 0 saturated carbocycles. The highest BCUT2D eigenvalue weighted by atomic mass is 16.7. The zero-order valence-corrected chi connectivity index (χ0v) is 15.3. The van der Waals surface area contributed by atoms with Crippen LogP contribution in [-0.2, 0) is 22.6 Å². The highest BCUT2D eigenvalue weighted by Gasteiger charge is 2.44. The van der Waals surface area contributed by atoms with Gasteiger partial charge in [0.15, 0.2) is 6.29 Å². The molecule has 4 N–H and O–H groups in total. The Balaban J connectivity index is 1.73. The monoisotopic (exact) mass is 373 g/mol. The summed E-state index contributed by atoms with van der Waals surface area (Å²) in [5.41, 5.74) is 0.577. The van der Waals surface area contributed by atoms with Crippen LogP contribution < -0.4 is 0 Å². The highest BCUT2D eigenvalue weighted by molar-refractivity contribution is 4.92. The fourth-order valence-electron chi connectivity index (χ4n) is 2.94. The van der Waals surface area contributed by atoms with Crippen LogP contribution in [0.2, 0.25) is 0 Å². The first-order valence-corrected chi connectivity index (χ1v) is 9.38. The summed E-state index contributed by atoms with van der Waals surface area (Å²) in [7, 11) is 0. The number of aliphatic hydroxyl groups is 4. The van der Waals surface area contributed by atoms with E-state index in [2.05, 4.69) is 17.2 Å². The van der Waals surface area contributed by atoms with Crippen LogP contribution in [0.25, 0.3) is 0 Å². The predicted molar refractivity (Wildman–Crippen MR) is 92.0 cm³/mol. The van der Waals surface area contributed by atoms with Gasteiger partial charge in [0, 0.05) is 6.54 Å². The third kappa shape index (κ3) is 5.97. The van der Waals surface area contributed by atoms with Crippen LogP contribution in [0.1, 0.15) is 51.1 Å². The molecular formula is C17H31N3O6. The second-order valence-corrected chi connectivity index (χ2v) is 6.75. The van der Waals surface area contributed by atoms with Crippen LogP contribution in [0.5, 0.6) is 0 Å². The lowest BCUT2D eigenvalue weighted by molar-refractivity contribution is -0.304. The number of unbranched alkanes of at least 4 members (excludes halogenated alkanes) is 5. The molecule has 0 bridgehead atoms. The molecule has 1 aliphatic heterocycles. The molecule has 9 nitrogen and oxygen atoms in total. The van der Waals surface area contributed by atoms with Crippen molar-refractivity contribution < 1.29 is 29.9 Å². The quantitative estimate of drug-likeness (QED) is 0.397. The van der Waals surface area contributed by atoms with Gasteiger partial charge in [-0.2, -0.15) is 0 Å². The molecule has 1 saturated heterocycles. The van der Waals surface area contributed by atoms with E-state index in [1.165, 1.54) is 25.7 Å². The Labute approximate surface area is 153 Å². The zero-order chi connectivity index (χ0) is 18.9. The Bertz CT molecular complexity index is 512. The maximum Gasteiger partial charge on any atom is 0.187 e. The molecule has 0 unspecified atom stereocenters. The smallest absolute Gasteiger partial charge is 0.187 e. The normalized spacial score (nSPS) is 29.2. The summed E-state index contributed by atoms with van der Waals surface area (Å²) in [4.78, 5) is 0. The van der Waals surface area contributed by atoms with Crippen molar-refractivity contribution in [3.8, 4) is 0 Å². The second kappa shape index (κ2) is 10.9. The molecule has 26 heavy (non-hydrogen) atoms. The minimum Gasteiger partial charge on any atom is -0.394 e. The summed E-state index contributed by atoms with van der Waals surface area (Å²) in [5.74, 6) is 0. The number of hydrogen-bond acceptors (Lipinski definition) is 8. The first-order valence-electron chi connectivity index (χ1n) is 9.38. The molecule has 0 radical (unpaired) electrons. The zero-order valence-electron chi connectivity index (χ0n) is 15.3. The topological polar surface area (TPSA) is 130 Å². The molecule has 1 aromatic rings. The van der Waals surface area contributed by atoms with Crippen molar-refractivity contribution in [2.45, 2.75) is 89.3 Å². The number of aromatic nitrogens is 3. The van der Waals surface area contributed by atoms with Crippen LogP contribution in [0.3, 0.4) is 0 Å². The third-order valence-electron chi connectivity index (χ3n) is 4.57. The first-order chi connectivity index (χ1) is 12.6. The van der Waals surface area contributed by atoms with E-state index in [1.54, 1.807) is 10.9 Å². The summed E-state index contributed by atoms with van der Waals surface area (Å²) >= 11 is 0. The molecule has 1 aromatic heterocycles. The molecule has 0 aliphatic carbocycles. The molecular weight excluding hydrogens is 342 g/mol. The lowest BCUT2D eigenvalue weighted by Gasteiger charge is -2.39. The Morgan fingerprint density at radius 3 is 2.54 bits per heavy atom. The Hall–Kier alpha value is -1.10. The van der Waals surface area contributed by atoms with Gasteiger partial charge in [0.2, 0.25) is 0 Å². The van der Waals surface area contributed by atoms with E-state index in [-0.39, 0.29) is 6.61 Å².